The Balaban J connectivity index is 2.83. The van der Waals surface area contributed by atoms with Crippen LogP contribution in [-0.2, 0) is 4.74 Å². The molecule has 0 spiro atoms. The molecular formula is C5H12BO. The van der Waals surface area contributed by atoms with E-state index in [1.165, 1.54) is 0 Å². The summed E-state index contributed by atoms with van der Waals surface area (Å²) in [6.07, 6.45) is 0. The van der Waals surface area contributed by atoms with Crippen LogP contribution in [0.4, 0.5) is 0 Å². The van der Waals surface area contributed by atoms with E-state index in [0.717, 1.165) is 6.61 Å². The highest BCUT2D eigenvalue weighted by Crippen LogP contribution is 1.97. The lowest BCUT2D eigenvalue weighted by Gasteiger charge is -2.02. The molecule has 1 radical (unpaired) electrons. The maximum atomic E-state index is 4.86. The zero-order valence-electron chi connectivity index (χ0n) is 5.27. The van der Waals surface area contributed by atoms with Gasteiger partial charge in [0.05, 0.1) is 0 Å². The first-order chi connectivity index (χ1) is 3.31. The summed E-state index contributed by atoms with van der Waals surface area (Å²) < 4.78 is 4.86. The lowest BCUT2D eigenvalue weighted by atomic mass is 9.69. The molecule has 0 aromatic rings. The van der Waals surface area contributed by atoms with Crippen LogP contribution in [0.2, 0.25) is 12.6 Å². The van der Waals surface area contributed by atoms with Crippen molar-refractivity contribution in [2.75, 3.05) is 13.7 Å². The molecule has 7 heavy (non-hydrogen) atoms. The Morgan fingerprint density at radius 3 is 2.43 bits per heavy atom. The quantitative estimate of drug-likeness (QED) is 0.483. The highest BCUT2D eigenvalue weighted by molar-refractivity contribution is 6.35. The zero-order valence-corrected chi connectivity index (χ0v) is 5.27. The largest absolute Gasteiger partial charge is 0.385 e. The molecule has 0 rings (SSSR count). The minimum atomic E-state index is 0.602. The number of hydrogen-bond donors (Lipinski definition) is 0. The molecule has 0 aromatic carbocycles. The SMILES string of the molecule is C[B]C(C)COC. The lowest BCUT2D eigenvalue weighted by molar-refractivity contribution is 0.199. The monoisotopic (exact) mass is 99.1 g/mol. The summed E-state index contributed by atoms with van der Waals surface area (Å²) in [5.74, 6) is 0.602. The molecular weight excluding hydrogens is 86.9 g/mol. The van der Waals surface area contributed by atoms with Crippen molar-refractivity contribution >= 4 is 7.28 Å². The number of rotatable bonds is 3. The molecule has 2 heteroatoms. The molecule has 0 aliphatic carbocycles. The van der Waals surface area contributed by atoms with Crippen molar-refractivity contribution in [2.24, 2.45) is 0 Å². The Labute approximate surface area is 46.3 Å². The first-order valence-electron chi connectivity index (χ1n) is 2.59. The van der Waals surface area contributed by atoms with E-state index in [2.05, 4.69) is 14.2 Å². The van der Waals surface area contributed by atoms with Gasteiger partial charge in [-0.25, -0.2) is 0 Å². The van der Waals surface area contributed by atoms with E-state index in [4.69, 9.17) is 4.74 Å². The summed E-state index contributed by atoms with van der Waals surface area (Å²) >= 11 is 0. The molecule has 1 atom stereocenters. The minimum absolute atomic E-state index is 0.602. The van der Waals surface area contributed by atoms with Crippen molar-refractivity contribution in [1.82, 2.24) is 0 Å². The molecule has 1 unspecified atom stereocenters. The summed E-state index contributed by atoms with van der Waals surface area (Å²) in [5, 5.41) is 0. The van der Waals surface area contributed by atoms with Gasteiger partial charge in [0.25, 0.3) is 0 Å². The Bertz CT molecular complexity index is 39.1. The van der Waals surface area contributed by atoms with E-state index in [0.29, 0.717) is 5.82 Å². The fourth-order valence-corrected chi connectivity index (χ4v) is 0.359. The third-order valence-corrected chi connectivity index (χ3v) is 0.999. The predicted molar refractivity (Wildman–Crippen MR) is 32.9 cm³/mol. The first-order valence-corrected chi connectivity index (χ1v) is 2.59. The predicted octanol–water partition coefficient (Wildman–Crippen LogP) is 1.19. The summed E-state index contributed by atoms with van der Waals surface area (Å²) in [6, 6.07) is 0. The molecule has 0 saturated carbocycles. The van der Waals surface area contributed by atoms with Gasteiger partial charge in [-0.2, -0.15) is 0 Å². The summed E-state index contributed by atoms with van der Waals surface area (Å²) in [5.41, 5.74) is 0. The fourth-order valence-electron chi connectivity index (χ4n) is 0.359. The maximum Gasteiger partial charge on any atom is 0.112 e. The molecule has 1 nitrogen and oxygen atoms in total. The van der Waals surface area contributed by atoms with Crippen LogP contribution in [0.15, 0.2) is 0 Å². The van der Waals surface area contributed by atoms with Crippen LogP contribution in [0.5, 0.6) is 0 Å². The number of methoxy groups -OCH3 is 1. The minimum Gasteiger partial charge on any atom is -0.385 e. The van der Waals surface area contributed by atoms with Crippen molar-refractivity contribution in [3.05, 3.63) is 0 Å². The number of hydrogen-bond acceptors (Lipinski definition) is 1. The van der Waals surface area contributed by atoms with Gasteiger partial charge in [0.2, 0.25) is 0 Å². The molecule has 0 saturated heterocycles. The van der Waals surface area contributed by atoms with E-state index < -0.39 is 0 Å². The van der Waals surface area contributed by atoms with Gasteiger partial charge in [0.1, 0.15) is 7.28 Å². The fraction of sp³-hybridized carbons (Fsp3) is 1.00. The van der Waals surface area contributed by atoms with Gasteiger partial charge in [-0.3, -0.25) is 0 Å². The highest BCUT2D eigenvalue weighted by atomic mass is 16.5. The van der Waals surface area contributed by atoms with Crippen LogP contribution in [0.1, 0.15) is 6.92 Å². The normalized spacial score (nSPS) is 13.6. The van der Waals surface area contributed by atoms with Crippen LogP contribution < -0.4 is 0 Å². The second-order valence-electron chi connectivity index (χ2n) is 1.77. The lowest BCUT2D eigenvalue weighted by Crippen LogP contribution is -2.01. The summed E-state index contributed by atoms with van der Waals surface area (Å²) in [7, 11) is 3.85. The van der Waals surface area contributed by atoms with Crippen LogP contribution >= 0.6 is 0 Å². The smallest absolute Gasteiger partial charge is 0.112 e. The maximum absolute atomic E-state index is 4.86. The van der Waals surface area contributed by atoms with Gasteiger partial charge in [0.15, 0.2) is 0 Å². The number of ether oxygens (including phenoxy) is 1. The van der Waals surface area contributed by atoms with Gasteiger partial charge in [-0.05, 0) is 5.82 Å². The van der Waals surface area contributed by atoms with Crippen molar-refractivity contribution in [3.8, 4) is 0 Å². The topological polar surface area (TPSA) is 9.23 Å². The van der Waals surface area contributed by atoms with Crippen LogP contribution in [0.25, 0.3) is 0 Å². The molecule has 41 valence electrons. The standard InChI is InChI=1S/C5H12BO/c1-5(6-2)4-7-3/h5H,4H2,1-3H3. The van der Waals surface area contributed by atoms with Gasteiger partial charge in [-0.15, -0.1) is 0 Å². The van der Waals surface area contributed by atoms with Crippen LogP contribution in [-0.4, -0.2) is 21.0 Å². The third-order valence-electron chi connectivity index (χ3n) is 0.999. The Morgan fingerprint density at radius 1 is 1.71 bits per heavy atom. The van der Waals surface area contributed by atoms with E-state index in [1.807, 2.05) is 6.82 Å². The Hall–Kier alpha value is 0.0249. The molecule has 0 heterocycles. The summed E-state index contributed by atoms with van der Waals surface area (Å²) in [6.45, 7) is 5.02. The molecule has 0 fully saturated rings. The highest BCUT2D eigenvalue weighted by Gasteiger charge is 1.94. The molecule has 0 aromatic heterocycles. The van der Waals surface area contributed by atoms with Gasteiger partial charge < -0.3 is 4.74 Å². The second kappa shape index (κ2) is 4.19. The van der Waals surface area contributed by atoms with E-state index in [-0.39, 0.29) is 0 Å². The molecule has 0 amide bonds. The molecule has 0 bridgehead atoms. The Kier molecular flexibility index (Phi) is 4.21. The molecule has 0 aliphatic heterocycles. The molecule has 0 aliphatic rings. The van der Waals surface area contributed by atoms with E-state index in [9.17, 15) is 0 Å². The molecule has 0 N–H and O–H groups in total. The van der Waals surface area contributed by atoms with Gasteiger partial charge in [-0.1, -0.05) is 13.7 Å². The third kappa shape index (κ3) is 3.87. The zero-order chi connectivity index (χ0) is 5.70. The van der Waals surface area contributed by atoms with Crippen LogP contribution in [0, 0.1) is 0 Å². The van der Waals surface area contributed by atoms with Gasteiger partial charge >= 0.3 is 0 Å². The van der Waals surface area contributed by atoms with Crippen LogP contribution in [0.3, 0.4) is 0 Å². The average Bonchev–Trinajstić information content (AvgIpc) is 1.68. The Morgan fingerprint density at radius 2 is 2.29 bits per heavy atom. The van der Waals surface area contributed by atoms with E-state index in [1.54, 1.807) is 7.11 Å². The van der Waals surface area contributed by atoms with E-state index >= 15 is 0 Å². The second-order valence-corrected chi connectivity index (χ2v) is 1.77. The van der Waals surface area contributed by atoms with Gasteiger partial charge in [0, 0.05) is 13.7 Å². The van der Waals surface area contributed by atoms with Crippen molar-refractivity contribution in [2.45, 2.75) is 19.6 Å². The van der Waals surface area contributed by atoms with Crippen molar-refractivity contribution in [3.63, 3.8) is 0 Å². The van der Waals surface area contributed by atoms with Crippen molar-refractivity contribution in [1.29, 1.82) is 0 Å². The summed E-state index contributed by atoms with van der Waals surface area (Å²) in [4.78, 5) is 0. The van der Waals surface area contributed by atoms with Crippen molar-refractivity contribution < 1.29 is 4.74 Å². The average molecular weight is 99.0 g/mol. The first kappa shape index (κ1) is 7.02.